The number of ether oxygens (including phenoxy) is 4. The van der Waals surface area contributed by atoms with Crippen LogP contribution in [0.3, 0.4) is 0 Å². The first-order valence-corrected chi connectivity index (χ1v) is 14.4. The molecule has 2 aliphatic heterocycles. The number of aliphatic carboxylic acids is 1. The zero-order valence-electron chi connectivity index (χ0n) is 24.9. The molecule has 0 radical (unpaired) electrons. The van der Waals surface area contributed by atoms with Crippen LogP contribution in [0.25, 0.3) is 11.1 Å². The highest BCUT2D eigenvalue weighted by Gasteiger charge is 2.31. The second-order valence-electron chi connectivity index (χ2n) is 12.2. The summed E-state index contributed by atoms with van der Waals surface area (Å²) in [5.41, 5.74) is 5.90. The summed E-state index contributed by atoms with van der Waals surface area (Å²) in [7, 11) is 0. The molecule has 42 heavy (non-hydrogen) atoms. The van der Waals surface area contributed by atoms with E-state index in [1.54, 1.807) is 4.90 Å². The van der Waals surface area contributed by atoms with Gasteiger partial charge in [0, 0.05) is 30.5 Å². The van der Waals surface area contributed by atoms with E-state index in [-0.39, 0.29) is 24.5 Å². The van der Waals surface area contributed by atoms with Gasteiger partial charge in [-0.2, -0.15) is 0 Å². The molecule has 1 fully saturated rings. The lowest BCUT2D eigenvalue weighted by Gasteiger charge is -2.24. The van der Waals surface area contributed by atoms with Crippen molar-refractivity contribution in [2.45, 2.75) is 71.7 Å². The van der Waals surface area contributed by atoms with E-state index in [2.05, 4.69) is 38.1 Å². The van der Waals surface area contributed by atoms with Crippen LogP contribution in [0.15, 0.2) is 54.6 Å². The summed E-state index contributed by atoms with van der Waals surface area (Å²) < 4.78 is 23.6. The van der Waals surface area contributed by atoms with Crippen LogP contribution in [-0.4, -0.2) is 53.5 Å². The van der Waals surface area contributed by atoms with Crippen LogP contribution in [0.4, 0.5) is 4.79 Å². The third-order valence-electron chi connectivity index (χ3n) is 7.51. The number of aryl methyl sites for hydroxylation is 2. The van der Waals surface area contributed by atoms with Gasteiger partial charge >= 0.3 is 12.1 Å². The van der Waals surface area contributed by atoms with Crippen LogP contribution >= 0.6 is 0 Å². The second kappa shape index (κ2) is 12.0. The molecule has 1 saturated heterocycles. The van der Waals surface area contributed by atoms with E-state index in [9.17, 15) is 9.59 Å². The van der Waals surface area contributed by atoms with E-state index in [0.29, 0.717) is 37.8 Å². The predicted octanol–water partition coefficient (Wildman–Crippen LogP) is 6.89. The van der Waals surface area contributed by atoms with Gasteiger partial charge < -0.3 is 29.0 Å². The summed E-state index contributed by atoms with van der Waals surface area (Å²) in [5.74, 6) is 1.22. The molecule has 2 aliphatic rings. The maximum Gasteiger partial charge on any atom is 0.410 e. The molecular weight excluding hydrogens is 534 g/mol. The molecule has 0 spiro atoms. The fourth-order valence-corrected chi connectivity index (χ4v) is 5.67. The average molecular weight is 574 g/mol. The summed E-state index contributed by atoms with van der Waals surface area (Å²) in [6, 6.07) is 18.0. The molecule has 5 rings (SSSR count). The minimum atomic E-state index is -0.829. The molecule has 0 saturated carbocycles. The molecule has 1 amide bonds. The van der Waals surface area contributed by atoms with Crippen molar-refractivity contribution in [1.82, 2.24) is 4.90 Å². The van der Waals surface area contributed by atoms with Gasteiger partial charge in [-0.1, -0.05) is 24.3 Å². The third kappa shape index (κ3) is 6.98. The molecule has 2 heterocycles. The minimum Gasteiger partial charge on any atom is -0.492 e. The van der Waals surface area contributed by atoms with Gasteiger partial charge in [-0.05, 0) is 86.7 Å². The summed E-state index contributed by atoms with van der Waals surface area (Å²) >= 11 is 0. The number of carboxylic acids is 1. The lowest BCUT2D eigenvalue weighted by atomic mass is 9.94. The van der Waals surface area contributed by atoms with Crippen LogP contribution in [0.1, 0.15) is 61.8 Å². The first-order chi connectivity index (χ1) is 19.9. The number of rotatable bonds is 8. The van der Waals surface area contributed by atoms with Crippen molar-refractivity contribution < 1.29 is 33.6 Å². The van der Waals surface area contributed by atoms with Gasteiger partial charge in [-0.3, -0.25) is 4.79 Å². The van der Waals surface area contributed by atoms with Crippen LogP contribution in [0.2, 0.25) is 0 Å². The number of carbonyl (C=O) groups excluding carboxylic acids is 1. The molecule has 8 nitrogen and oxygen atoms in total. The van der Waals surface area contributed by atoms with Crippen molar-refractivity contribution in [3.05, 3.63) is 76.9 Å². The van der Waals surface area contributed by atoms with E-state index in [4.69, 9.17) is 24.1 Å². The zero-order chi connectivity index (χ0) is 30.0. The predicted molar refractivity (Wildman–Crippen MR) is 159 cm³/mol. The number of hydrogen-bond acceptors (Lipinski definition) is 6. The lowest BCUT2D eigenvalue weighted by Crippen LogP contribution is -2.36. The molecule has 222 valence electrons. The van der Waals surface area contributed by atoms with Crippen molar-refractivity contribution in [3.8, 4) is 28.4 Å². The number of likely N-dealkylation sites (tertiary alicyclic amines) is 1. The van der Waals surface area contributed by atoms with Crippen molar-refractivity contribution in [1.29, 1.82) is 0 Å². The Hall–Kier alpha value is -4.20. The molecule has 0 unspecified atom stereocenters. The number of amides is 1. The minimum absolute atomic E-state index is 0.0548. The Morgan fingerprint density at radius 1 is 1.02 bits per heavy atom. The molecule has 1 N–H and O–H groups in total. The molecule has 0 bridgehead atoms. The Kier molecular flexibility index (Phi) is 8.34. The van der Waals surface area contributed by atoms with Gasteiger partial charge in [0.15, 0.2) is 0 Å². The van der Waals surface area contributed by atoms with Crippen LogP contribution in [-0.2, 0) is 16.1 Å². The Morgan fingerprint density at radius 2 is 1.79 bits per heavy atom. The first-order valence-electron chi connectivity index (χ1n) is 14.4. The van der Waals surface area contributed by atoms with Crippen LogP contribution < -0.4 is 14.2 Å². The van der Waals surface area contributed by atoms with E-state index >= 15 is 0 Å². The topological polar surface area (TPSA) is 94.5 Å². The quantitative estimate of drug-likeness (QED) is 0.314. The fourth-order valence-electron chi connectivity index (χ4n) is 5.67. The van der Waals surface area contributed by atoms with Crippen molar-refractivity contribution in [2.24, 2.45) is 0 Å². The van der Waals surface area contributed by atoms with Gasteiger partial charge in [-0.25, -0.2) is 4.79 Å². The summed E-state index contributed by atoms with van der Waals surface area (Å²) in [6.45, 7) is 11.7. The van der Waals surface area contributed by atoms with Crippen LogP contribution in [0.5, 0.6) is 17.2 Å². The van der Waals surface area contributed by atoms with Gasteiger partial charge in [0.2, 0.25) is 0 Å². The smallest absolute Gasteiger partial charge is 0.410 e. The Labute approximate surface area is 247 Å². The Bertz CT molecular complexity index is 1450. The van der Waals surface area contributed by atoms with Gasteiger partial charge in [0.1, 0.15) is 35.6 Å². The fraction of sp³-hybridized carbons (Fsp3) is 0.412. The second-order valence-corrected chi connectivity index (χ2v) is 12.2. The number of fused-ring (bicyclic) bond motifs is 1. The highest BCUT2D eigenvalue weighted by Crippen LogP contribution is 2.38. The maximum atomic E-state index is 12.4. The summed E-state index contributed by atoms with van der Waals surface area (Å²) in [4.78, 5) is 25.3. The summed E-state index contributed by atoms with van der Waals surface area (Å²) in [5, 5.41) is 9.13. The summed E-state index contributed by atoms with van der Waals surface area (Å²) in [6.07, 6.45) is 0.448. The number of benzene rings is 3. The normalized spacial score (nSPS) is 17.9. The zero-order valence-corrected chi connectivity index (χ0v) is 24.9. The highest BCUT2D eigenvalue weighted by molar-refractivity contribution is 5.72. The number of nitrogens with zero attached hydrogens (tertiary/aromatic N) is 1. The largest absolute Gasteiger partial charge is 0.492 e. The first kappa shape index (κ1) is 29.3. The molecule has 2 atom stereocenters. The van der Waals surface area contributed by atoms with E-state index in [0.717, 1.165) is 45.6 Å². The third-order valence-corrected chi connectivity index (χ3v) is 7.51. The molecule has 0 aliphatic carbocycles. The molecular formula is C34H39NO7. The van der Waals surface area contributed by atoms with Crippen molar-refractivity contribution in [3.63, 3.8) is 0 Å². The Morgan fingerprint density at radius 3 is 2.50 bits per heavy atom. The standard InChI is InChI=1S/C34H39NO7/c1-21-13-28(41-27-11-12-35(18-27)33(38)42-34(3,4)5)14-22(2)32(21)24-8-6-7-23(15-24)19-39-26-9-10-29-25(16-31(36)37)20-40-30(29)17-26/h6-10,13-15,17,25,27H,11-12,16,18-20H2,1-5H3,(H,36,37)/t25-,27+/m1/s1. The van der Waals surface area contributed by atoms with E-state index in [1.165, 1.54) is 0 Å². The number of carbonyl (C=O) groups is 2. The average Bonchev–Trinajstić information content (AvgIpc) is 3.53. The van der Waals surface area contributed by atoms with Gasteiger partial charge in [0.05, 0.1) is 19.6 Å². The van der Waals surface area contributed by atoms with Gasteiger partial charge in [-0.15, -0.1) is 0 Å². The van der Waals surface area contributed by atoms with Crippen molar-refractivity contribution in [2.75, 3.05) is 19.7 Å². The van der Waals surface area contributed by atoms with Crippen molar-refractivity contribution >= 4 is 12.1 Å². The Balaban J connectivity index is 1.22. The highest BCUT2D eigenvalue weighted by atomic mass is 16.6. The molecule has 0 aromatic heterocycles. The molecule has 8 heteroatoms. The van der Waals surface area contributed by atoms with Gasteiger partial charge in [0.25, 0.3) is 0 Å². The maximum absolute atomic E-state index is 12.4. The van der Waals surface area contributed by atoms with E-state index < -0.39 is 11.6 Å². The SMILES string of the molecule is Cc1cc(O[C@H]2CCN(C(=O)OC(C)(C)C)C2)cc(C)c1-c1cccc(COc2ccc3c(c2)OC[C@H]3CC(=O)O)c1. The lowest BCUT2D eigenvalue weighted by molar-refractivity contribution is -0.137. The monoisotopic (exact) mass is 573 g/mol. The molecule has 3 aromatic rings. The van der Waals surface area contributed by atoms with E-state index in [1.807, 2.05) is 51.1 Å². The molecule has 3 aromatic carbocycles. The van der Waals surface area contributed by atoms with Crippen LogP contribution in [0, 0.1) is 13.8 Å². The number of carboxylic acid groups (broad SMARTS) is 1. The number of hydrogen-bond donors (Lipinski definition) is 1.